The Morgan fingerprint density at radius 1 is 0.857 bits per heavy atom. The summed E-state index contributed by atoms with van der Waals surface area (Å²) in [6, 6.07) is 34.1. The van der Waals surface area contributed by atoms with Gasteiger partial charge in [0.25, 0.3) is 0 Å². The quantitative estimate of drug-likeness (QED) is 0.211. The highest BCUT2D eigenvalue weighted by atomic mass is 16.5. The van der Waals surface area contributed by atoms with Gasteiger partial charge >= 0.3 is 0 Å². The highest BCUT2D eigenvalue weighted by Gasteiger charge is 2.27. The lowest BCUT2D eigenvalue weighted by molar-refractivity contribution is -0.121. The van der Waals surface area contributed by atoms with E-state index in [4.69, 9.17) is 14.5 Å². The fourth-order valence-electron chi connectivity index (χ4n) is 5.57. The Morgan fingerprint density at radius 3 is 2.38 bits per heavy atom. The zero-order valence-electron chi connectivity index (χ0n) is 23.9. The van der Waals surface area contributed by atoms with E-state index in [9.17, 15) is 4.79 Å². The molecule has 4 aromatic carbocycles. The van der Waals surface area contributed by atoms with Gasteiger partial charge in [0, 0.05) is 18.8 Å². The third-order valence-corrected chi connectivity index (χ3v) is 7.84. The molecule has 0 radical (unpaired) electrons. The smallest absolute Gasteiger partial charge is 0.228 e. The molecule has 1 aliphatic rings. The molecule has 5 aromatic rings. The number of nitrogens with one attached hydrogen (secondary N) is 1. The molecule has 1 fully saturated rings. The number of methoxy groups -OCH3 is 1. The molecule has 0 spiro atoms. The molecule has 2 heterocycles. The molecule has 1 N–H and O–H groups in total. The Balaban J connectivity index is 1.09. The number of ether oxygens (including phenoxy) is 2. The van der Waals surface area contributed by atoms with E-state index in [1.54, 1.807) is 7.11 Å². The van der Waals surface area contributed by atoms with Crippen LogP contribution in [0.4, 0.5) is 5.69 Å². The lowest BCUT2D eigenvalue weighted by Gasteiger charge is -2.31. The molecule has 1 saturated heterocycles. The number of fused-ring (bicyclic) bond motifs is 1. The van der Waals surface area contributed by atoms with Crippen LogP contribution in [0.2, 0.25) is 0 Å². The number of piperidine rings is 1. The summed E-state index contributed by atoms with van der Waals surface area (Å²) in [5.74, 6) is 2.62. The van der Waals surface area contributed by atoms with Gasteiger partial charge in [-0.15, -0.1) is 0 Å². The SMILES string of the molecule is COc1ccc(Cn2c(CN3CCC[C@H](C(=O)Nc4ccc(OCc5ccccc5)cc4)C3)nc3ccccc32)cc1. The summed E-state index contributed by atoms with van der Waals surface area (Å²) in [5.41, 5.74) is 5.19. The summed E-state index contributed by atoms with van der Waals surface area (Å²) < 4.78 is 13.5. The predicted octanol–water partition coefficient (Wildman–Crippen LogP) is 6.52. The Labute approximate surface area is 246 Å². The second-order valence-corrected chi connectivity index (χ2v) is 10.8. The molecule has 1 aliphatic heterocycles. The fourth-order valence-corrected chi connectivity index (χ4v) is 5.57. The van der Waals surface area contributed by atoms with Crippen molar-refractivity contribution in [1.82, 2.24) is 14.5 Å². The van der Waals surface area contributed by atoms with Crippen LogP contribution < -0.4 is 14.8 Å². The van der Waals surface area contributed by atoms with Crippen molar-refractivity contribution in [3.63, 3.8) is 0 Å². The van der Waals surface area contributed by atoms with Gasteiger partial charge in [0.1, 0.15) is 23.9 Å². The van der Waals surface area contributed by atoms with Crippen LogP contribution in [-0.4, -0.2) is 40.6 Å². The average Bonchev–Trinajstić information content (AvgIpc) is 3.38. The predicted molar refractivity (Wildman–Crippen MR) is 166 cm³/mol. The second-order valence-electron chi connectivity index (χ2n) is 10.8. The fraction of sp³-hybridized carbons (Fsp3) is 0.257. The standard InChI is InChI=1S/C35H36N4O3/c1-41-30-17-13-26(14-18-30)22-39-33-12-6-5-11-32(33)37-34(39)24-38-21-7-10-28(23-38)35(40)36-29-15-19-31(20-16-29)42-25-27-8-3-2-4-9-27/h2-6,8-9,11-20,28H,7,10,21-25H2,1H3,(H,36,40)/t28-/m0/s1. The molecule has 42 heavy (non-hydrogen) atoms. The zero-order valence-corrected chi connectivity index (χ0v) is 23.9. The number of hydrogen-bond acceptors (Lipinski definition) is 5. The minimum absolute atomic E-state index is 0.0596. The number of rotatable bonds is 10. The molecule has 6 rings (SSSR count). The van der Waals surface area contributed by atoms with Crippen molar-refractivity contribution in [2.75, 3.05) is 25.5 Å². The molecular formula is C35H36N4O3. The maximum absolute atomic E-state index is 13.3. The minimum Gasteiger partial charge on any atom is -0.497 e. The van der Waals surface area contributed by atoms with E-state index in [-0.39, 0.29) is 11.8 Å². The summed E-state index contributed by atoms with van der Waals surface area (Å²) in [6.07, 6.45) is 1.85. The first-order valence-corrected chi connectivity index (χ1v) is 14.5. The van der Waals surface area contributed by atoms with Crippen LogP contribution in [0.15, 0.2) is 103 Å². The van der Waals surface area contributed by atoms with Crippen LogP contribution >= 0.6 is 0 Å². The minimum atomic E-state index is -0.0767. The Morgan fingerprint density at radius 2 is 1.60 bits per heavy atom. The van der Waals surface area contributed by atoms with Crippen molar-refractivity contribution >= 4 is 22.6 Å². The van der Waals surface area contributed by atoms with Gasteiger partial charge in [0.2, 0.25) is 5.91 Å². The van der Waals surface area contributed by atoms with E-state index in [0.717, 1.165) is 65.5 Å². The number of hydrogen-bond donors (Lipinski definition) is 1. The number of nitrogens with zero attached hydrogens (tertiary/aromatic N) is 3. The van der Waals surface area contributed by atoms with Crippen molar-refractivity contribution in [3.05, 3.63) is 120 Å². The summed E-state index contributed by atoms with van der Waals surface area (Å²) in [4.78, 5) is 20.6. The van der Waals surface area contributed by atoms with Crippen molar-refractivity contribution in [1.29, 1.82) is 0 Å². The maximum Gasteiger partial charge on any atom is 0.228 e. The van der Waals surface area contributed by atoms with Gasteiger partial charge in [-0.05, 0) is 79.0 Å². The monoisotopic (exact) mass is 560 g/mol. The molecule has 0 bridgehead atoms. The Hall–Kier alpha value is -4.62. The lowest BCUT2D eigenvalue weighted by Crippen LogP contribution is -2.40. The number of benzene rings is 4. The van der Waals surface area contributed by atoms with Gasteiger partial charge in [0.05, 0.1) is 30.6 Å². The highest BCUT2D eigenvalue weighted by Crippen LogP contribution is 2.25. The first kappa shape index (κ1) is 27.5. The van der Waals surface area contributed by atoms with Crippen LogP contribution in [-0.2, 0) is 24.5 Å². The van der Waals surface area contributed by atoms with Gasteiger partial charge < -0.3 is 19.4 Å². The van der Waals surface area contributed by atoms with Crippen LogP contribution in [0, 0.1) is 5.92 Å². The molecule has 0 unspecified atom stereocenters. The van der Waals surface area contributed by atoms with Gasteiger partial charge in [-0.1, -0.05) is 54.6 Å². The molecule has 7 heteroatoms. The van der Waals surface area contributed by atoms with Gasteiger partial charge in [-0.25, -0.2) is 4.98 Å². The summed E-state index contributed by atoms with van der Waals surface area (Å²) >= 11 is 0. The third kappa shape index (κ3) is 6.64. The normalized spacial score (nSPS) is 15.4. The molecule has 1 atom stereocenters. The number of anilines is 1. The third-order valence-electron chi connectivity index (χ3n) is 7.84. The van der Waals surface area contributed by atoms with Crippen molar-refractivity contribution < 1.29 is 14.3 Å². The Kier molecular flexibility index (Phi) is 8.47. The number of para-hydroxylation sites is 2. The number of carbonyl (C=O) groups excluding carboxylic acids is 1. The molecular weight excluding hydrogens is 524 g/mol. The van der Waals surface area contributed by atoms with Crippen LogP contribution in [0.25, 0.3) is 11.0 Å². The van der Waals surface area contributed by atoms with Gasteiger partial charge in [0.15, 0.2) is 0 Å². The van der Waals surface area contributed by atoms with Crippen molar-refractivity contribution in [3.8, 4) is 11.5 Å². The van der Waals surface area contributed by atoms with E-state index >= 15 is 0 Å². The second kappa shape index (κ2) is 12.9. The topological polar surface area (TPSA) is 68.6 Å². The lowest BCUT2D eigenvalue weighted by atomic mass is 9.97. The summed E-state index contributed by atoms with van der Waals surface area (Å²) in [6.45, 7) is 3.59. The van der Waals surface area contributed by atoms with E-state index in [1.807, 2.05) is 72.8 Å². The molecule has 0 aliphatic carbocycles. The molecule has 7 nitrogen and oxygen atoms in total. The number of imidazole rings is 1. The van der Waals surface area contributed by atoms with E-state index in [1.165, 1.54) is 5.56 Å². The number of likely N-dealkylation sites (tertiary alicyclic amines) is 1. The van der Waals surface area contributed by atoms with Crippen molar-refractivity contribution in [2.24, 2.45) is 5.92 Å². The largest absolute Gasteiger partial charge is 0.497 e. The van der Waals surface area contributed by atoms with Gasteiger partial charge in [-0.3, -0.25) is 9.69 Å². The summed E-state index contributed by atoms with van der Waals surface area (Å²) in [5, 5.41) is 3.12. The molecule has 0 saturated carbocycles. The number of carbonyl (C=O) groups is 1. The van der Waals surface area contributed by atoms with E-state index in [0.29, 0.717) is 19.7 Å². The average molecular weight is 561 g/mol. The van der Waals surface area contributed by atoms with Crippen LogP contribution in [0.3, 0.4) is 0 Å². The Bertz CT molecular complexity index is 1610. The maximum atomic E-state index is 13.3. The van der Waals surface area contributed by atoms with E-state index in [2.05, 4.69) is 45.1 Å². The summed E-state index contributed by atoms with van der Waals surface area (Å²) in [7, 11) is 1.68. The number of aromatic nitrogens is 2. The first-order chi connectivity index (χ1) is 20.6. The molecule has 214 valence electrons. The number of amides is 1. The van der Waals surface area contributed by atoms with Crippen LogP contribution in [0.1, 0.15) is 29.8 Å². The van der Waals surface area contributed by atoms with Crippen LogP contribution in [0.5, 0.6) is 11.5 Å². The van der Waals surface area contributed by atoms with Crippen molar-refractivity contribution in [2.45, 2.75) is 32.5 Å². The van der Waals surface area contributed by atoms with E-state index < -0.39 is 0 Å². The van der Waals surface area contributed by atoms with Gasteiger partial charge in [-0.2, -0.15) is 0 Å². The highest BCUT2D eigenvalue weighted by molar-refractivity contribution is 5.92. The zero-order chi connectivity index (χ0) is 28.7. The first-order valence-electron chi connectivity index (χ1n) is 14.5. The molecule has 1 aromatic heterocycles. The molecule has 1 amide bonds.